The van der Waals surface area contributed by atoms with Gasteiger partial charge in [-0.1, -0.05) is 13.8 Å². The molecule has 0 radical (unpaired) electrons. The van der Waals surface area contributed by atoms with Crippen LogP contribution in [-0.2, 0) is 14.3 Å². The van der Waals surface area contributed by atoms with Gasteiger partial charge in [0.15, 0.2) is 0 Å². The third kappa shape index (κ3) is 4.47. The maximum atomic E-state index is 12.3. The summed E-state index contributed by atoms with van der Waals surface area (Å²) in [5.41, 5.74) is 0. The summed E-state index contributed by atoms with van der Waals surface area (Å²) in [5.74, 6) is 0.0427. The first-order valence-corrected chi connectivity index (χ1v) is 7.73. The molecular formula is C15H28N2O3. The highest BCUT2D eigenvalue weighted by molar-refractivity contribution is 5.96. The number of nitrogens with zero attached hydrogens (tertiary/aromatic N) is 1. The van der Waals surface area contributed by atoms with E-state index in [-0.39, 0.29) is 30.0 Å². The van der Waals surface area contributed by atoms with E-state index in [1.807, 2.05) is 27.7 Å². The smallest absolute Gasteiger partial charge is 0.245 e. The normalized spacial score (nSPS) is 23.4. The lowest BCUT2D eigenvalue weighted by Crippen LogP contribution is -2.63. The minimum atomic E-state index is -0.350. The van der Waals surface area contributed by atoms with Crippen LogP contribution in [0, 0.1) is 0 Å². The van der Waals surface area contributed by atoms with Crippen LogP contribution in [0.1, 0.15) is 53.4 Å². The zero-order chi connectivity index (χ0) is 15.1. The standard InChI is InChI=1S/C15H28N2O3/c1-5-12-15(19)17(13(6-2)14(18)16-12)9-7-8-10-20-11(3)4/h11-13H,5-10H2,1-4H3,(H,16,18). The van der Waals surface area contributed by atoms with Crippen molar-refractivity contribution in [3.05, 3.63) is 0 Å². The Hall–Kier alpha value is -1.10. The van der Waals surface area contributed by atoms with Crippen molar-refractivity contribution in [1.29, 1.82) is 0 Å². The van der Waals surface area contributed by atoms with Crippen molar-refractivity contribution in [2.24, 2.45) is 0 Å². The molecule has 1 N–H and O–H groups in total. The summed E-state index contributed by atoms with van der Waals surface area (Å²) in [6.45, 7) is 9.24. The zero-order valence-electron chi connectivity index (χ0n) is 13.1. The average Bonchev–Trinajstić information content (AvgIpc) is 2.41. The first kappa shape index (κ1) is 17.0. The van der Waals surface area contributed by atoms with Gasteiger partial charge in [-0.3, -0.25) is 9.59 Å². The molecule has 116 valence electrons. The topological polar surface area (TPSA) is 58.6 Å². The van der Waals surface area contributed by atoms with Crippen LogP contribution in [0.4, 0.5) is 0 Å². The maximum absolute atomic E-state index is 12.3. The molecule has 0 aromatic heterocycles. The number of nitrogens with one attached hydrogen (secondary N) is 1. The van der Waals surface area contributed by atoms with E-state index in [9.17, 15) is 9.59 Å². The number of rotatable bonds is 8. The largest absolute Gasteiger partial charge is 0.379 e. The summed E-state index contributed by atoms with van der Waals surface area (Å²) in [4.78, 5) is 26.1. The van der Waals surface area contributed by atoms with Gasteiger partial charge in [0.1, 0.15) is 12.1 Å². The van der Waals surface area contributed by atoms with Crippen molar-refractivity contribution >= 4 is 11.8 Å². The molecule has 1 rings (SSSR count). The van der Waals surface area contributed by atoms with Crippen LogP contribution < -0.4 is 5.32 Å². The Morgan fingerprint density at radius 3 is 2.45 bits per heavy atom. The first-order valence-electron chi connectivity index (χ1n) is 7.73. The van der Waals surface area contributed by atoms with Gasteiger partial charge in [-0.25, -0.2) is 0 Å². The SMILES string of the molecule is CCC1NC(=O)C(CC)N(CCCCOC(C)C)C1=O. The molecule has 0 aliphatic carbocycles. The second-order valence-electron chi connectivity index (χ2n) is 5.55. The highest BCUT2D eigenvalue weighted by Crippen LogP contribution is 2.15. The monoisotopic (exact) mass is 284 g/mol. The van der Waals surface area contributed by atoms with Crippen molar-refractivity contribution in [2.75, 3.05) is 13.2 Å². The van der Waals surface area contributed by atoms with Gasteiger partial charge in [-0.15, -0.1) is 0 Å². The molecule has 0 aromatic carbocycles. The number of unbranched alkanes of at least 4 members (excludes halogenated alkanes) is 1. The second kappa shape index (κ2) is 8.25. The van der Waals surface area contributed by atoms with Gasteiger partial charge in [0.05, 0.1) is 6.10 Å². The van der Waals surface area contributed by atoms with Gasteiger partial charge in [-0.2, -0.15) is 0 Å². The Kier molecular flexibility index (Phi) is 6.99. The van der Waals surface area contributed by atoms with Crippen LogP contribution in [0.3, 0.4) is 0 Å². The molecule has 0 aromatic rings. The van der Waals surface area contributed by atoms with Gasteiger partial charge in [0.2, 0.25) is 11.8 Å². The van der Waals surface area contributed by atoms with Crippen LogP contribution in [0.2, 0.25) is 0 Å². The fraction of sp³-hybridized carbons (Fsp3) is 0.867. The summed E-state index contributed by atoms with van der Waals surface area (Å²) in [6.07, 6.45) is 3.34. The van der Waals surface area contributed by atoms with Crippen molar-refractivity contribution in [3.8, 4) is 0 Å². The number of carbonyl (C=O) groups is 2. The molecular weight excluding hydrogens is 256 g/mol. The fourth-order valence-corrected chi connectivity index (χ4v) is 2.48. The average molecular weight is 284 g/mol. The molecule has 5 heteroatoms. The Bertz CT molecular complexity index is 331. The molecule has 2 amide bonds. The van der Waals surface area contributed by atoms with Gasteiger partial charge in [0, 0.05) is 13.2 Å². The minimum absolute atomic E-state index is 0.0163. The van der Waals surface area contributed by atoms with Gasteiger partial charge >= 0.3 is 0 Å². The molecule has 0 bridgehead atoms. The second-order valence-corrected chi connectivity index (χ2v) is 5.55. The number of hydrogen-bond donors (Lipinski definition) is 1. The number of piperazine rings is 1. The molecule has 0 spiro atoms. The van der Waals surface area contributed by atoms with E-state index < -0.39 is 0 Å². The zero-order valence-corrected chi connectivity index (χ0v) is 13.1. The number of hydrogen-bond acceptors (Lipinski definition) is 3. The highest BCUT2D eigenvalue weighted by Gasteiger charge is 2.38. The third-order valence-corrected chi connectivity index (χ3v) is 3.62. The molecule has 1 heterocycles. The van der Waals surface area contributed by atoms with E-state index in [4.69, 9.17) is 4.74 Å². The number of amides is 2. The lowest BCUT2D eigenvalue weighted by molar-refractivity contribution is -0.149. The molecule has 1 fully saturated rings. The van der Waals surface area contributed by atoms with Gasteiger partial charge in [0.25, 0.3) is 0 Å². The lowest BCUT2D eigenvalue weighted by atomic mass is 10.0. The lowest BCUT2D eigenvalue weighted by Gasteiger charge is -2.38. The van der Waals surface area contributed by atoms with E-state index in [1.54, 1.807) is 4.90 Å². The molecule has 0 saturated carbocycles. The molecule has 5 nitrogen and oxygen atoms in total. The minimum Gasteiger partial charge on any atom is -0.379 e. The molecule has 1 saturated heterocycles. The Balaban J connectivity index is 2.49. The summed E-state index contributed by atoms with van der Waals surface area (Å²) in [5, 5.41) is 2.81. The van der Waals surface area contributed by atoms with Crippen molar-refractivity contribution < 1.29 is 14.3 Å². The van der Waals surface area contributed by atoms with E-state index >= 15 is 0 Å². The summed E-state index contributed by atoms with van der Waals surface area (Å²) >= 11 is 0. The molecule has 1 aliphatic rings. The van der Waals surface area contributed by atoms with E-state index in [0.717, 1.165) is 12.8 Å². The van der Waals surface area contributed by atoms with Crippen molar-refractivity contribution in [3.63, 3.8) is 0 Å². The van der Waals surface area contributed by atoms with E-state index in [0.29, 0.717) is 26.0 Å². The number of carbonyl (C=O) groups excluding carboxylic acids is 2. The fourth-order valence-electron chi connectivity index (χ4n) is 2.48. The van der Waals surface area contributed by atoms with Crippen LogP contribution >= 0.6 is 0 Å². The van der Waals surface area contributed by atoms with E-state index in [2.05, 4.69) is 5.32 Å². The van der Waals surface area contributed by atoms with Gasteiger partial charge in [-0.05, 0) is 39.5 Å². The highest BCUT2D eigenvalue weighted by atomic mass is 16.5. The predicted molar refractivity (Wildman–Crippen MR) is 78.3 cm³/mol. The van der Waals surface area contributed by atoms with Crippen LogP contribution in [0.25, 0.3) is 0 Å². The summed E-state index contributed by atoms with van der Waals surface area (Å²) in [6, 6.07) is -0.659. The van der Waals surface area contributed by atoms with Crippen LogP contribution in [-0.4, -0.2) is 48.1 Å². The third-order valence-electron chi connectivity index (χ3n) is 3.62. The van der Waals surface area contributed by atoms with Crippen molar-refractivity contribution in [2.45, 2.75) is 71.6 Å². The van der Waals surface area contributed by atoms with Crippen molar-refractivity contribution in [1.82, 2.24) is 10.2 Å². The molecule has 20 heavy (non-hydrogen) atoms. The Labute approximate surface area is 122 Å². The first-order chi connectivity index (χ1) is 9.51. The molecule has 1 aliphatic heterocycles. The van der Waals surface area contributed by atoms with E-state index in [1.165, 1.54) is 0 Å². The maximum Gasteiger partial charge on any atom is 0.245 e. The Morgan fingerprint density at radius 1 is 1.20 bits per heavy atom. The quantitative estimate of drug-likeness (QED) is 0.690. The Morgan fingerprint density at radius 2 is 1.90 bits per heavy atom. The molecule has 2 unspecified atom stereocenters. The van der Waals surface area contributed by atoms with Crippen LogP contribution in [0.5, 0.6) is 0 Å². The van der Waals surface area contributed by atoms with Gasteiger partial charge < -0.3 is 15.0 Å². The molecule has 2 atom stereocenters. The number of ether oxygens (including phenoxy) is 1. The van der Waals surface area contributed by atoms with Crippen LogP contribution in [0.15, 0.2) is 0 Å². The predicted octanol–water partition coefficient (Wildman–Crippen LogP) is 1.71. The summed E-state index contributed by atoms with van der Waals surface area (Å²) < 4.78 is 5.49. The summed E-state index contributed by atoms with van der Waals surface area (Å²) in [7, 11) is 0.